The molecule has 0 amide bonds. The van der Waals surface area contributed by atoms with E-state index in [1.807, 2.05) is 60.7 Å². The maximum Gasteiger partial charge on any atom is 0.329 e. The van der Waals surface area contributed by atoms with Crippen LogP contribution in [0.25, 0.3) is 10.9 Å². The van der Waals surface area contributed by atoms with E-state index in [0.717, 1.165) is 16.5 Å². The number of pyridine rings is 1. The molecule has 0 aliphatic carbocycles. The number of hydrogen-bond acceptors (Lipinski definition) is 5. The minimum absolute atomic E-state index is 0.113. The van der Waals surface area contributed by atoms with Gasteiger partial charge in [-0.15, -0.1) is 0 Å². The number of fused-ring (bicyclic) bond motifs is 1. The molecular formula is C21H21ClN2O3. The fraction of sp³-hybridized carbons (Fsp3) is 0.238. The Balaban J connectivity index is 1.76. The molecule has 1 atom stereocenters. The first-order valence-electron chi connectivity index (χ1n) is 8.57. The molecule has 0 aliphatic rings. The minimum Gasteiger partial charge on any atom is -0.491 e. The summed E-state index contributed by atoms with van der Waals surface area (Å²) in [5.41, 5.74) is 0.583. The number of aromatic nitrogens is 1. The smallest absolute Gasteiger partial charge is 0.329 e. The molecule has 0 saturated heterocycles. The third-order valence-corrected chi connectivity index (χ3v) is 4.65. The Bertz CT molecular complexity index is 933. The topological polar surface area (TPSA) is 60.5 Å². The molecule has 0 bridgehead atoms. The molecule has 3 rings (SSSR count). The summed E-state index contributed by atoms with van der Waals surface area (Å²) >= 11 is 6.32. The highest BCUT2D eigenvalue weighted by Crippen LogP contribution is 2.21. The predicted molar refractivity (Wildman–Crippen MR) is 106 cm³/mol. The number of para-hydroxylation sites is 2. The highest BCUT2D eigenvalue weighted by molar-refractivity contribution is 6.30. The van der Waals surface area contributed by atoms with E-state index in [4.69, 9.17) is 21.1 Å². The van der Waals surface area contributed by atoms with Gasteiger partial charge in [0.15, 0.2) is 0 Å². The first-order chi connectivity index (χ1) is 13.0. The van der Waals surface area contributed by atoms with Crippen molar-refractivity contribution in [3.8, 4) is 5.75 Å². The van der Waals surface area contributed by atoms with E-state index in [2.05, 4.69) is 10.3 Å². The van der Waals surface area contributed by atoms with E-state index in [1.165, 1.54) is 7.11 Å². The number of rotatable bonds is 7. The summed E-state index contributed by atoms with van der Waals surface area (Å²) in [6, 6.07) is 19.0. The van der Waals surface area contributed by atoms with Crippen molar-refractivity contribution in [3.63, 3.8) is 0 Å². The minimum atomic E-state index is -1.04. The lowest BCUT2D eigenvalue weighted by atomic mass is 10.0. The summed E-state index contributed by atoms with van der Waals surface area (Å²) in [6.07, 6.45) is 0. The van der Waals surface area contributed by atoms with Crippen LogP contribution < -0.4 is 10.1 Å². The summed E-state index contributed by atoms with van der Waals surface area (Å²) in [6.45, 7) is 2.20. The molecular weight excluding hydrogens is 364 g/mol. The normalized spacial score (nSPS) is 13.1. The Hall–Kier alpha value is -2.63. The van der Waals surface area contributed by atoms with Crippen LogP contribution in [0.5, 0.6) is 5.75 Å². The Kier molecular flexibility index (Phi) is 5.94. The summed E-state index contributed by atoms with van der Waals surface area (Å²) in [7, 11) is 1.36. The second-order valence-electron chi connectivity index (χ2n) is 6.41. The molecule has 27 heavy (non-hydrogen) atoms. The highest BCUT2D eigenvalue weighted by Gasteiger charge is 2.35. The summed E-state index contributed by atoms with van der Waals surface area (Å²) in [5, 5.41) is 4.60. The van der Waals surface area contributed by atoms with Crippen molar-refractivity contribution in [1.29, 1.82) is 0 Å². The van der Waals surface area contributed by atoms with Gasteiger partial charge < -0.3 is 9.47 Å². The van der Waals surface area contributed by atoms with Crippen LogP contribution >= 0.6 is 11.6 Å². The van der Waals surface area contributed by atoms with Crippen molar-refractivity contribution in [2.24, 2.45) is 0 Å². The Morgan fingerprint density at radius 1 is 1.15 bits per heavy atom. The first-order valence-corrected chi connectivity index (χ1v) is 8.95. The average molecular weight is 385 g/mol. The van der Waals surface area contributed by atoms with Crippen molar-refractivity contribution in [1.82, 2.24) is 10.3 Å². The summed E-state index contributed by atoms with van der Waals surface area (Å²) in [5.74, 6) is 0.267. The molecule has 0 aliphatic heterocycles. The number of nitrogens with one attached hydrogen (secondary N) is 1. The Morgan fingerprint density at radius 2 is 1.85 bits per heavy atom. The van der Waals surface area contributed by atoms with Crippen LogP contribution in [-0.4, -0.2) is 30.2 Å². The van der Waals surface area contributed by atoms with Crippen molar-refractivity contribution in [2.45, 2.75) is 19.0 Å². The zero-order valence-corrected chi connectivity index (χ0v) is 16.0. The Morgan fingerprint density at radius 3 is 2.59 bits per heavy atom. The molecule has 6 heteroatoms. The number of nitrogens with zero attached hydrogens (tertiary/aromatic N) is 1. The second kappa shape index (κ2) is 8.37. The molecule has 2 aromatic carbocycles. The van der Waals surface area contributed by atoms with Gasteiger partial charge >= 0.3 is 5.97 Å². The molecule has 0 spiro atoms. The number of esters is 1. The van der Waals surface area contributed by atoms with Gasteiger partial charge in [0, 0.05) is 17.5 Å². The SMILES string of the molecule is COC(=O)C(C)(COc1ccccc1)NCc1cc2ccccc2nc1Cl. The van der Waals surface area contributed by atoms with E-state index in [9.17, 15) is 4.79 Å². The summed E-state index contributed by atoms with van der Waals surface area (Å²) < 4.78 is 10.7. The first kappa shape index (κ1) is 19.1. The van der Waals surface area contributed by atoms with Crippen LogP contribution in [0.2, 0.25) is 5.15 Å². The maximum absolute atomic E-state index is 12.4. The van der Waals surface area contributed by atoms with E-state index in [-0.39, 0.29) is 6.61 Å². The molecule has 3 aromatic rings. The van der Waals surface area contributed by atoms with Gasteiger partial charge in [0.05, 0.1) is 12.6 Å². The number of carbonyl (C=O) groups excluding carboxylic acids is 1. The van der Waals surface area contributed by atoms with Crippen LogP contribution in [-0.2, 0) is 16.1 Å². The molecule has 0 radical (unpaired) electrons. The van der Waals surface area contributed by atoms with Crippen LogP contribution in [0.4, 0.5) is 0 Å². The van der Waals surface area contributed by atoms with Gasteiger partial charge in [0.25, 0.3) is 0 Å². The molecule has 1 heterocycles. The Labute approximate surface area is 163 Å². The van der Waals surface area contributed by atoms with Crippen LogP contribution in [0.1, 0.15) is 12.5 Å². The largest absolute Gasteiger partial charge is 0.491 e. The molecule has 0 fully saturated rings. The van der Waals surface area contributed by atoms with Gasteiger partial charge in [0.1, 0.15) is 23.0 Å². The molecule has 1 unspecified atom stereocenters. The van der Waals surface area contributed by atoms with Crippen molar-refractivity contribution < 1.29 is 14.3 Å². The average Bonchev–Trinajstić information content (AvgIpc) is 2.71. The lowest BCUT2D eigenvalue weighted by Gasteiger charge is -2.28. The van der Waals surface area contributed by atoms with Gasteiger partial charge in [-0.1, -0.05) is 48.0 Å². The van der Waals surface area contributed by atoms with Crippen LogP contribution in [0.15, 0.2) is 60.7 Å². The molecule has 5 nitrogen and oxygen atoms in total. The van der Waals surface area contributed by atoms with Gasteiger partial charge in [-0.05, 0) is 31.2 Å². The summed E-state index contributed by atoms with van der Waals surface area (Å²) in [4.78, 5) is 16.8. The third kappa shape index (κ3) is 4.56. The zero-order chi connectivity index (χ0) is 19.3. The molecule has 140 valence electrons. The lowest BCUT2D eigenvalue weighted by molar-refractivity contribution is -0.149. The zero-order valence-electron chi connectivity index (χ0n) is 15.2. The number of methoxy groups -OCH3 is 1. The van der Waals surface area contributed by atoms with Crippen molar-refractivity contribution in [3.05, 3.63) is 71.4 Å². The number of hydrogen-bond donors (Lipinski definition) is 1. The lowest BCUT2D eigenvalue weighted by Crippen LogP contribution is -2.54. The van der Waals surface area contributed by atoms with E-state index in [0.29, 0.717) is 17.4 Å². The maximum atomic E-state index is 12.4. The standard InChI is InChI=1S/C21H21ClN2O3/c1-21(20(25)26-2,14-27-17-9-4-3-5-10-17)23-13-16-12-15-8-6-7-11-18(15)24-19(16)22/h3-12,23H,13-14H2,1-2H3. The molecule has 0 saturated carbocycles. The van der Waals surface area contributed by atoms with Crippen LogP contribution in [0.3, 0.4) is 0 Å². The van der Waals surface area contributed by atoms with Gasteiger partial charge in [-0.2, -0.15) is 0 Å². The number of benzene rings is 2. The fourth-order valence-corrected chi connectivity index (χ4v) is 2.91. The quantitative estimate of drug-likeness (QED) is 0.493. The van der Waals surface area contributed by atoms with Crippen molar-refractivity contribution in [2.75, 3.05) is 13.7 Å². The molecule has 1 aromatic heterocycles. The van der Waals surface area contributed by atoms with E-state index in [1.54, 1.807) is 6.92 Å². The number of halogens is 1. The number of ether oxygens (including phenoxy) is 2. The highest BCUT2D eigenvalue weighted by atomic mass is 35.5. The second-order valence-corrected chi connectivity index (χ2v) is 6.77. The van der Waals surface area contributed by atoms with Crippen molar-refractivity contribution >= 4 is 28.5 Å². The fourth-order valence-electron chi connectivity index (χ4n) is 2.70. The number of carbonyl (C=O) groups is 1. The van der Waals surface area contributed by atoms with E-state index >= 15 is 0 Å². The van der Waals surface area contributed by atoms with Crippen LogP contribution in [0, 0.1) is 0 Å². The van der Waals surface area contributed by atoms with E-state index < -0.39 is 11.5 Å². The van der Waals surface area contributed by atoms with Gasteiger partial charge in [0.2, 0.25) is 0 Å². The van der Waals surface area contributed by atoms with Gasteiger partial charge in [-0.25, -0.2) is 9.78 Å². The van der Waals surface area contributed by atoms with Gasteiger partial charge in [-0.3, -0.25) is 5.32 Å². The predicted octanol–water partition coefficient (Wildman–Crippen LogP) is 3.99. The monoisotopic (exact) mass is 384 g/mol. The molecule has 1 N–H and O–H groups in total. The third-order valence-electron chi connectivity index (χ3n) is 4.33.